The molecule has 4 rings (SSSR count). The molecular formula is C23H28N6O5. The van der Waals surface area contributed by atoms with Gasteiger partial charge in [-0.25, -0.2) is 19.4 Å². The van der Waals surface area contributed by atoms with Gasteiger partial charge in [0.05, 0.1) is 17.6 Å². The summed E-state index contributed by atoms with van der Waals surface area (Å²) in [7, 11) is 2.12. The summed E-state index contributed by atoms with van der Waals surface area (Å²) >= 11 is 0. The number of nitrogens with one attached hydrogen (secondary N) is 1. The number of hydrogen-bond acceptors (Lipinski definition) is 7. The van der Waals surface area contributed by atoms with Crippen LogP contribution < -0.4 is 15.1 Å². The predicted octanol–water partition coefficient (Wildman–Crippen LogP) is 1.95. The molecule has 2 aliphatic heterocycles. The van der Waals surface area contributed by atoms with E-state index in [-0.39, 0.29) is 12.1 Å². The van der Waals surface area contributed by atoms with Crippen molar-refractivity contribution in [3.63, 3.8) is 0 Å². The van der Waals surface area contributed by atoms with E-state index in [1.165, 1.54) is 0 Å². The maximum absolute atomic E-state index is 12.9. The summed E-state index contributed by atoms with van der Waals surface area (Å²) in [5.41, 5.74) is 1.90. The van der Waals surface area contributed by atoms with Crippen molar-refractivity contribution in [2.75, 3.05) is 43.0 Å². The fourth-order valence-corrected chi connectivity index (χ4v) is 3.79. The van der Waals surface area contributed by atoms with Crippen LogP contribution in [0.4, 0.5) is 22.0 Å². The number of rotatable bonds is 4. The van der Waals surface area contributed by atoms with Gasteiger partial charge in [0.15, 0.2) is 5.82 Å². The van der Waals surface area contributed by atoms with E-state index in [2.05, 4.69) is 32.1 Å². The molecule has 180 valence electrons. The first-order chi connectivity index (χ1) is 16.3. The van der Waals surface area contributed by atoms with Crippen molar-refractivity contribution in [1.82, 2.24) is 20.2 Å². The van der Waals surface area contributed by atoms with Crippen LogP contribution >= 0.6 is 0 Å². The largest absolute Gasteiger partial charge is 0.478 e. The molecule has 0 atom stereocenters. The SMILES string of the molecule is CN1CCC(NC(=O)N2CCN(c3cnccn3)c3ccccc32)CC1.O=C(O)/C=C/C(=O)O. The Morgan fingerprint density at radius 1 is 0.971 bits per heavy atom. The van der Waals surface area contributed by atoms with Crippen LogP contribution in [0.15, 0.2) is 55.0 Å². The molecule has 2 aromatic rings. The van der Waals surface area contributed by atoms with Gasteiger partial charge in [0.1, 0.15) is 0 Å². The highest BCUT2D eigenvalue weighted by atomic mass is 16.4. The molecule has 3 N–H and O–H groups in total. The fourth-order valence-electron chi connectivity index (χ4n) is 3.79. The van der Waals surface area contributed by atoms with Crippen molar-refractivity contribution in [3.8, 4) is 0 Å². The zero-order valence-corrected chi connectivity index (χ0v) is 18.9. The lowest BCUT2D eigenvalue weighted by molar-refractivity contribution is -0.134. The van der Waals surface area contributed by atoms with E-state index in [4.69, 9.17) is 10.2 Å². The molecule has 0 unspecified atom stereocenters. The maximum Gasteiger partial charge on any atom is 0.328 e. The number of hydrogen-bond donors (Lipinski definition) is 3. The van der Waals surface area contributed by atoms with Gasteiger partial charge in [0.25, 0.3) is 0 Å². The second kappa shape index (κ2) is 11.8. The van der Waals surface area contributed by atoms with E-state index in [0.717, 1.165) is 43.1 Å². The molecule has 2 aliphatic rings. The Balaban J connectivity index is 0.000000350. The van der Waals surface area contributed by atoms with E-state index in [1.54, 1.807) is 18.6 Å². The third kappa shape index (κ3) is 6.75. The number of amides is 2. The quantitative estimate of drug-likeness (QED) is 0.575. The van der Waals surface area contributed by atoms with Crippen LogP contribution in [0.5, 0.6) is 0 Å². The molecule has 0 bridgehead atoms. The van der Waals surface area contributed by atoms with Crippen LogP contribution in [0.3, 0.4) is 0 Å². The molecule has 1 aromatic carbocycles. The van der Waals surface area contributed by atoms with Gasteiger partial charge in [-0.15, -0.1) is 0 Å². The van der Waals surface area contributed by atoms with Crippen molar-refractivity contribution < 1.29 is 24.6 Å². The lowest BCUT2D eigenvalue weighted by atomic mass is 10.1. The Morgan fingerprint density at radius 2 is 1.62 bits per heavy atom. The van der Waals surface area contributed by atoms with Gasteiger partial charge in [-0.05, 0) is 45.1 Å². The second-order valence-corrected chi connectivity index (χ2v) is 7.89. The smallest absolute Gasteiger partial charge is 0.328 e. The highest BCUT2D eigenvalue weighted by Crippen LogP contribution is 2.36. The van der Waals surface area contributed by atoms with E-state index >= 15 is 0 Å². The van der Waals surface area contributed by atoms with E-state index < -0.39 is 11.9 Å². The van der Waals surface area contributed by atoms with E-state index in [1.807, 2.05) is 29.2 Å². The zero-order valence-electron chi connectivity index (χ0n) is 18.9. The number of aliphatic carboxylic acids is 2. The molecule has 3 heterocycles. The number of anilines is 3. The molecule has 34 heavy (non-hydrogen) atoms. The third-order valence-corrected chi connectivity index (χ3v) is 5.50. The number of para-hydroxylation sites is 2. The van der Waals surface area contributed by atoms with Crippen LogP contribution in [-0.2, 0) is 9.59 Å². The van der Waals surface area contributed by atoms with Crippen LogP contribution in [0.2, 0.25) is 0 Å². The Hall–Kier alpha value is -3.99. The normalized spacial score (nSPS) is 16.4. The number of aromatic nitrogens is 2. The average Bonchev–Trinajstić information content (AvgIpc) is 2.84. The number of piperidine rings is 1. The van der Waals surface area contributed by atoms with Gasteiger partial charge in [0.2, 0.25) is 0 Å². The van der Waals surface area contributed by atoms with Crippen molar-refractivity contribution >= 4 is 35.2 Å². The highest BCUT2D eigenvalue weighted by Gasteiger charge is 2.29. The summed E-state index contributed by atoms with van der Waals surface area (Å²) in [5.74, 6) is -1.71. The molecule has 1 saturated heterocycles. The molecule has 0 radical (unpaired) electrons. The Kier molecular flexibility index (Phi) is 8.52. The fraction of sp³-hybridized carbons (Fsp3) is 0.348. The monoisotopic (exact) mass is 468 g/mol. The van der Waals surface area contributed by atoms with Crippen molar-refractivity contribution in [2.45, 2.75) is 18.9 Å². The molecule has 0 aliphatic carbocycles. The van der Waals surface area contributed by atoms with Gasteiger partial charge in [-0.1, -0.05) is 12.1 Å². The number of urea groups is 1. The molecule has 1 fully saturated rings. The minimum Gasteiger partial charge on any atom is -0.478 e. The van der Waals surface area contributed by atoms with E-state index in [9.17, 15) is 14.4 Å². The summed E-state index contributed by atoms with van der Waals surface area (Å²) in [4.78, 5) is 46.9. The van der Waals surface area contributed by atoms with Crippen LogP contribution in [0.25, 0.3) is 0 Å². The Morgan fingerprint density at radius 3 is 2.21 bits per heavy atom. The number of carboxylic acids is 2. The molecule has 0 spiro atoms. The lowest BCUT2D eigenvalue weighted by Crippen LogP contribution is -2.52. The number of nitrogens with zero attached hydrogens (tertiary/aromatic N) is 5. The first kappa shape index (κ1) is 24.6. The predicted molar refractivity (Wildman–Crippen MR) is 126 cm³/mol. The maximum atomic E-state index is 12.9. The standard InChI is InChI=1S/C19H24N6O.C4H4O4/c1-23-10-6-15(7-11-23)22-19(26)25-13-12-24(18-14-20-8-9-21-18)16-4-2-3-5-17(16)25;5-3(6)1-2-4(7)8/h2-5,8-9,14-15H,6-7,10-13H2,1H3,(H,22,26);1-2H,(H,5,6)(H,7,8)/b;2-1+. The molecule has 1 aromatic heterocycles. The zero-order chi connectivity index (χ0) is 24.5. The van der Waals surface area contributed by atoms with Gasteiger partial charge in [0, 0.05) is 43.7 Å². The molecule has 11 heteroatoms. The van der Waals surface area contributed by atoms with Gasteiger partial charge in [-0.2, -0.15) is 0 Å². The third-order valence-electron chi connectivity index (χ3n) is 5.50. The first-order valence-corrected chi connectivity index (χ1v) is 10.9. The summed E-state index contributed by atoms with van der Waals surface area (Å²) in [6, 6.07) is 8.22. The Bertz CT molecular complexity index is 1010. The summed E-state index contributed by atoms with van der Waals surface area (Å²) in [6.07, 6.45) is 8.24. The van der Waals surface area contributed by atoms with Crippen molar-refractivity contribution in [2.24, 2.45) is 0 Å². The molecule has 11 nitrogen and oxygen atoms in total. The van der Waals surface area contributed by atoms with Crippen molar-refractivity contribution in [3.05, 3.63) is 55.0 Å². The van der Waals surface area contributed by atoms with Crippen LogP contribution in [0, 0.1) is 0 Å². The average molecular weight is 469 g/mol. The van der Waals surface area contributed by atoms with Crippen molar-refractivity contribution in [1.29, 1.82) is 0 Å². The topological polar surface area (TPSA) is 139 Å². The minimum absolute atomic E-state index is 0.00852. The number of likely N-dealkylation sites (tertiary alicyclic amines) is 1. The second-order valence-electron chi connectivity index (χ2n) is 7.89. The number of fused-ring (bicyclic) bond motifs is 1. The molecular weight excluding hydrogens is 440 g/mol. The minimum atomic E-state index is -1.26. The van der Waals surface area contributed by atoms with Gasteiger partial charge in [-0.3, -0.25) is 9.88 Å². The highest BCUT2D eigenvalue weighted by molar-refractivity contribution is 5.97. The lowest BCUT2D eigenvalue weighted by Gasteiger charge is -2.38. The summed E-state index contributed by atoms with van der Waals surface area (Å²) in [6.45, 7) is 3.37. The number of benzene rings is 1. The summed E-state index contributed by atoms with van der Waals surface area (Å²) < 4.78 is 0. The van der Waals surface area contributed by atoms with Gasteiger partial charge >= 0.3 is 18.0 Å². The number of carbonyl (C=O) groups excluding carboxylic acids is 1. The Labute approximate surface area is 197 Å². The number of carbonyl (C=O) groups is 3. The van der Waals surface area contributed by atoms with Crippen LogP contribution in [-0.4, -0.2) is 82.3 Å². The molecule has 2 amide bonds. The van der Waals surface area contributed by atoms with Gasteiger partial charge < -0.3 is 25.3 Å². The summed E-state index contributed by atoms with van der Waals surface area (Å²) in [5, 5.41) is 18.8. The van der Waals surface area contributed by atoms with Crippen LogP contribution in [0.1, 0.15) is 12.8 Å². The number of carboxylic acid groups (broad SMARTS) is 2. The first-order valence-electron chi connectivity index (χ1n) is 10.9. The molecule has 0 saturated carbocycles. The van der Waals surface area contributed by atoms with E-state index in [0.29, 0.717) is 25.2 Å².